The fourth-order valence-corrected chi connectivity index (χ4v) is 5.09. The van der Waals surface area contributed by atoms with E-state index in [0.29, 0.717) is 12.8 Å². The average Bonchev–Trinajstić information content (AvgIpc) is 2.88. The van der Waals surface area contributed by atoms with E-state index in [1.807, 2.05) is 32.9 Å². The lowest BCUT2D eigenvalue weighted by atomic mass is 9.82. The molecular weight excluding hydrogens is 501 g/mol. The Hall–Kier alpha value is -2.65. The van der Waals surface area contributed by atoms with Crippen molar-refractivity contribution in [2.24, 2.45) is 17.8 Å². The predicted molar refractivity (Wildman–Crippen MR) is 137 cm³/mol. The molecule has 212 valence electrons. The summed E-state index contributed by atoms with van der Waals surface area (Å²) in [5.41, 5.74) is -3.73. The fourth-order valence-electron chi connectivity index (χ4n) is 5.09. The molecule has 0 amide bonds. The van der Waals surface area contributed by atoms with Crippen LogP contribution in [0.4, 0.5) is 13.2 Å². The van der Waals surface area contributed by atoms with E-state index in [4.69, 9.17) is 18.9 Å². The molecule has 0 fully saturated rings. The van der Waals surface area contributed by atoms with Gasteiger partial charge in [-0.1, -0.05) is 69.3 Å². The van der Waals surface area contributed by atoms with Crippen molar-refractivity contribution in [1.29, 1.82) is 0 Å². The highest BCUT2D eigenvalue weighted by molar-refractivity contribution is 5.83. The number of alkyl halides is 3. The lowest BCUT2D eigenvalue weighted by Crippen LogP contribution is -2.54. The summed E-state index contributed by atoms with van der Waals surface area (Å²) in [6, 6.07) is 6.68. The van der Waals surface area contributed by atoms with Crippen LogP contribution >= 0.6 is 0 Å². The smallest absolute Gasteiger partial charge is 0.432 e. The number of esters is 2. The van der Waals surface area contributed by atoms with Crippen LogP contribution in [0.25, 0.3) is 0 Å². The molecule has 0 saturated carbocycles. The number of hydrogen-bond acceptors (Lipinski definition) is 6. The minimum Gasteiger partial charge on any atom is -0.459 e. The minimum absolute atomic E-state index is 0.00410. The Bertz CT molecular complexity index is 961. The standard InChI is InChI=1S/C29H39F3O6/c1-7-9-13-19(3)26(35-5)20(4)23(18-24-21(8-2)16-17-25(33)37-24)38-27(34)28(36-6,29(30,31)32)22-14-11-10-12-15-22/h7,9-12,14-17,19-21,23-24,26H,8,13,18H2,1-6H3/b9-7+/t19-,20-,21+,23+,24+,26+,28-/m0/s1. The first-order chi connectivity index (χ1) is 18.0. The maximum absolute atomic E-state index is 14.5. The van der Waals surface area contributed by atoms with E-state index < -0.39 is 53.5 Å². The summed E-state index contributed by atoms with van der Waals surface area (Å²) < 4.78 is 65.6. The van der Waals surface area contributed by atoms with Crippen molar-refractivity contribution in [3.05, 3.63) is 60.2 Å². The summed E-state index contributed by atoms with van der Waals surface area (Å²) in [7, 11) is 2.35. The van der Waals surface area contributed by atoms with Gasteiger partial charge in [-0.05, 0) is 25.7 Å². The monoisotopic (exact) mass is 540 g/mol. The largest absolute Gasteiger partial charge is 0.459 e. The van der Waals surface area contributed by atoms with E-state index in [-0.39, 0.29) is 18.3 Å². The quantitative estimate of drug-likeness (QED) is 0.221. The number of ether oxygens (including phenoxy) is 4. The van der Waals surface area contributed by atoms with E-state index in [2.05, 4.69) is 0 Å². The van der Waals surface area contributed by atoms with Crippen LogP contribution in [-0.2, 0) is 34.1 Å². The summed E-state index contributed by atoms with van der Waals surface area (Å²) in [4.78, 5) is 25.6. The summed E-state index contributed by atoms with van der Waals surface area (Å²) in [5, 5.41) is 0. The van der Waals surface area contributed by atoms with E-state index in [1.165, 1.54) is 37.5 Å². The molecule has 1 aliphatic heterocycles. The summed E-state index contributed by atoms with van der Waals surface area (Å²) in [5.74, 6) is -2.88. The van der Waals surface area contributed by atoms with Gasteiger partial charge in [0.2, 0.25) is 0 Å². The first kappa shape index (κ1) is 31.6. The van der Waals surface area contributed by atoms with Crippen LogP contribution in [0.15, 0.2) is 54.6 Å². The SMILES string of the molecule is C/C=C/C[C@H](C)[C@@H](OC)[C@@H](C)[C@@H](C[C@H]1OC(=O)C=C[C@H]1CC)OC(=O)[C@@](OC)(c1ccccc1)C(F)(F)F. The minimum atomic E-state index is -5.11. The molecule has 0 radical (unpaired) electrons. The second-order valence-corrected chi connectivity index (χ2v) is 9.68. The second-order valence-electron chi connectivity index (χ2n) is 9.68. The number of cyclic esters (lactones) is 1. The van der Waals surface area contributed by atoms with Gasteiger partial charge in [-0.3, -0.25) is 0 Å². The molecule has 7 atom stereocenters. The van der Waals surface area contributed by atoms with E-state index in [9.17, 15) is 22.8 Å². The van der Waals surface area contributed by atoms with Gasteiger partial charge in [0.25, 0.3) is 5.60 Å². The van der Waals surface area contributed by atoms with Crippen molar-refractivity contribution >= 4 is 11.9 Å². The van der Waals surface area contributed by atoms with E-state index >= 15 is 0 Å². The lowest BCUT2D eigenvalue weighted by Gasteiger charge is -2.39. The topological polar surface area (TPSA) is 71.1 Å². The van der Waals surface area contributed by atoms with E-state index in [0.717, 1.165) is 7.11 Å². The fraction of sp³-hybridized carbons (Fsp3) is 0.586. The molecule has 9 heteroatoms. The number of carbonyl (C=O) groups is 2. The Morgan fingerprint density at radius 2 is 1.82 bits per heavy atom. The van der Waals surface area contributed by atoms with Gasteiger partial charge in [0.1, 0.15) is 12.2 Å². The molecule has 0 saturated heterocycles. The van der Waals surface area contributed by atoms with Crippen molar-refractivity contribution in [2.75, 3.05) is 14.2 Å². The van der Waals surface area contributed by atoms with E-state index in [1.54, 1.807) is 19.1 Å². The zero-order chi connectivity index (χ0) is 28.5. The molecule has 1 aromatic rings. The molecule has 0 aromatic heterocycles. The van der Waals surface area contributed by atoms with Crippen molar-refractivity contribution in [3.8, 4) is 0 Å². The van der Waals surface area contributed by atoms with Gasteiger partial charge >= 0.3 is 18.1 Å². The van der Waals surface area contributed by atoms with Gasteiger partial charge in [0, 0.05) is 44.1 Å². The highest BCUT2D eigenvalue weighted by Gasteiger charge is 2.64. The number of halogens is 3. The maximum atomic E-state index is 14.5. The molecule has 6 nitrogen and oxygen atoms in total. The molecule has 0 N–H and O–H groups in total. The Labute approximate surface area is 223 Å². The zero-order valence-electron chi connectivity index (χ0n) is 22.9. The molecule has 1 aromatic carbocycles. The van der Waals surface area contributed by atoms with Crippen molar-refractivity contribution in [1.82, 2.24) is 0 Å². The molecule has 1 heterocycles. The number of methoxy groups -OCH3 is 2. The van der Waals surface area contributed by atoms with Gasteiger partial charge in [-0.25, -0.2) is 9.59 Å². The molecule has 0 unspecified atom stereocenters. The summed E-state index contributed by atoms with van der Waals surface area (Å²) in [6.45, 7) is 7.53. The first-order valence-corrected chi connectivity index (χ1v) is 12.9. The molecule has 0 bridgehead atoms. The van der Waals surface area contributed by atoms with Crippen LogP contribution < -0.4 is 0 Å². The first-order valence-electron chi connectivity index (χ1n) is 12.9. The van der Waals surface area contributed by atoms with Gasteiger partial charge < -0.3 is 18.9 Å². The van der Waals surface area contributed by atoms with Crippen LogP contribution in [0.1, 0.15) is 52.5 Å². The third-order valence-corrected chi connectivity index (χ3v) is 7.27. The third kappa shape index (κ3) is 7.05. The molecule has 0 aliphatic carbocycles. The highest BCUT2D eigenvalue weighted by atomic mass is 19.4. The Kier molecular flexibility index (Phi) is 11.6. The van der Waals surface area contributed by atoms with Crippen LogP contribution in [-0.4, -0.2) is 50.6 Å². The zero-order valence-corrected chi connectivity index (χ0v) is 22.9. The van der Waals surface area contributed by atoms with Crippen molar-refractivity contribution in [3.63, 3.8) is 0 Å². The maximum Gasteiger partial charge on any atom is 0.432 e. The predicted octanol–water partition coefficient (Wildman–Crippen LogP) is 6.15. The second kappa shape index (κ2) is 13.9. The average molecular weight is 541 g/mol. The Balaban J connectivity index is 2.52. The van der Waals surface area contributed by atoms with Crippen LogP contribution in [0.3, 0.4) is 0 Å². The highest BCUT2D eigenvalue weighted by Crippen LogP contribution is 2.44. The summed E-state index contributed by atoms with van der Waals surface area (Å²) >= 11 is 0. The van der Waals surface area contributed by atoms with Crippen LogP contribution in [0, 0.1) is 17.8 Å². The third-order valence-electron chi connectivity index (χ3n) is 7.27. The van der Waals surface area contributed by atoms with Gasteiger partial charge in [0.05, 0.1) is 6.10 Å². The number of allylic oxidation sites excluding steroid dienone is 2. The number of benzene rings is 1. The Morgan fingerprint density at radius 3 is 2.34 bits per heavy atom. The van der Waals surface area contributed by atoms with Crippen LogP contribution in [0.2, 0.25) is 0 Å². The van der Waals surface area contributed by atoms with Crippen molar-refractivity contribution in [2.45, 2.75) is 77.0 Å². The normalized spacial score (nSPS) is 22.8. The number of hydrogen-bond donors (Lipinski definition) is 0. The molecule has 2 rings (SSSR count). The molecule has 0 spiro atoms. The number of rotatable bonds is 13. The number of carbonyl (C=O) groups excluding carboxylic acids is 2. The van der Waals surface area contributed by atoms with Gasteiger partial charge in [-0.15, -0.1) is 0 Å². The summed E-state index contributed by atoms with van der Waals surface area (Å²) in [6.07, 6.45) is 0.907. The Morgan fingerprint density at radius 1 is 1.16 bits per heavy atom. The van der Waals surface area contributed by atoms with Gasteiger partial charge in [0.15, 0.2) is 0 Å². The molecule has 1 aliphatic rings. The molecular formula is C29H39F3O6. The van der Waals surface area contributed by atoms with Crippen LogP contribution in [0.5, 0.6) is 0 Å². The van der Waals surface area contributed by atoms with Gasteiger partial charge in [-0.2, -0.15) is 13.2 Å². The lowest BCUT2D eigenvalue weighted by molar-refractivity contribution is -0.279. The molecule has 38 heavy (non-hydrogen) atoms. The van der Waals surface area contributed by atoms with Crippen molar-refractivity contribution < 1.29 is 41.7 Å².